The summed E-state index contributed by atoms with van der Waals surface area (Å²) in [6, 6.07) is 0. The standard InChI is InChI=1S/C8H5BrN2O2S2/c1-13-7(12)5-6(15-8(9)11-5)4-2-10-14-3-4/h2-3H,1H3. The van der Waals surface area contributed by atoms with E-state index >= 15 is 0 Å². The van der Waals surface area contributed by atoms with Gasteiger partial charge in [-0.1, -0.05) is 0 Å². The fraction of sp³-hybridized carbons (Fsp3) is 0.125. The summed E-state index contributed by atoms with van der Waals surface area (Å²) in [6.07, 6.45) is 1.71. The van der Waals surface area contributed by atoms with Crippen molar-refractivity contribution in [2.24, 2.45) is 0 Å². The Kier molecular flexibility index (Phi) is 3.13. The zero-order valence-corrected chi connectivity index (χ0v) is 10.8. The second-order valence-electron chi connectivity index (χ2n) is 2.55. The van der Waals surface area contributed by atoms with Crippen molar-refractivity contribution in [2.45, 2.75) is 0 Å². The van der Waals surface area contributed by atoms with Crippen LogP contribution in [0.25, 0.3) is 10.4 Å². The highest BCUT2D eigenvalue weighted by Crippen LogP contribution is 2.33. The molecular weight excluding hydrogens is 300 g/mol. The number of methoxy groups -OCH3 is 1. The Morgan fingerprint density at radius 2 is 2.40 bits per heavy atom. The third-order valence-corrected chi connectivity index (χ3v) is 3.82. The Hall–Kier alpha value is -0.790. The number of nitrogens with zero attached hydrogens (tertiary/aromatic N) is 2. The molecule has 4 nitrogen and oxygen atoms in total. The first kappa shape index (κ1) is 10.7. The van der Waals surface area contributed by atoms with Crippen molar-refractivity contribution in [1.29, 1.82) is 0 Å². The van der Waals surface area contributed by atoms with E-state index in [4.69, 9.17) is 0 Å². The van der Waals surface area contributed by atoms with E-state index in [-0.39, 0.29) is 0 Å². The average Bonchev–Trinajstić information content (AvgIpc) is 2.84. The molecule has 15 heavy (non-hydrogen) atoms. The summed E-state index contributed by atoms with van der Waals surface area (Å²) in [5, 5.41) is 1.87. The van der Waals surface area contributed by atoms with Crippen molar-refractivity contribution in [3.63, 3.8) is 0 Å². The van der Waals surface area contributed by atoms with Crippen molar-refractivity contribution in [2.75, 3.05) is 7.11 Å². The number of rotatable bonds is 2. The molecule has 0 bridgehead atoms. The summed E-state index contributed by atoms with van der Waals surface area (Å²) in [6.45, 7) is 0. The molecule has 0 aromatic carbocycles. The number of hydrogen-bond acceptors (Lipinski definition) is 6. The van der Waals surface area contributed by atoms with Gasteiger partial charge in [0.15, 0.2) is 9.61 Å². The first-order chi connectivity index (χ1) is 7.22. The van der Waals surface area contributed by atoms with Crippen LogP contribution >= 0.6 is 38.8 Å². The maximum absolute atomic E-state index is 11.4. The average molecular weight is 305 g/mol. The highest BCUT2D eigenvalue weighted by molar-refractivity contribution is 9.11. The molecule has 2 heterocycles. The van der Waals surface area contributed by atoms with Gasteiger partial charge in [0.1, 0.15) is 0 Å². The number of carbonyl (C=O) groups is 1. The van der Waals surface area contributed by atoms with Crippen molar-refractivity contribution in [3.05, 3.63) is 21.2 Å². The van der Waals surface area contributed by atoms with E-state index < -0.39 is 5.97 Å². The molecule has 0 fully saturated rings. The Morgan fingerprint density at radius 3 is 3.00 bits per heavy atom. The molecule has 0 radical (unpaired) electrons. The monoisotopic (exact) mass is 304 g/mol. The molecule has 0 amide bonds. The normalized spacial score (nSPS) is 10.3. The van der Waals surface area contributed by atoms with Gasteiger partial charge in [-0.2, -0.15) is 0 Å². The molecule has 0 spiro atoms. The summed E-state index contributed by atoms with van der Waals surface area (Å²) < 4.78 is 9.30. The molecule has 0 aliphatic carbocycles. The van der Waals surface area contributed by atoms with Crippen molar-refractivity contribution < 1.29 is 9.53 Å². The molecule has 0 saturated carbocycles. The second-order valence-corrected chi connectivity index (χ2v) is 5.48. The molecule has 0 aliphatic rings. The van der Waals surface area contributed by atoms with Crippen LogP contribution in [-0.4, -0.2) is 22.4 Å². The van der Waals surface area contributed by atoms with E-state index in [0.29, 0.717) is 9.61 Å². The Labute approximate surface area is 102 Å². The van der Waals surface area contributed by atoms with Crippen LogP contribution in [0.4, 0.5) is 0 Å². The van der Waals surface area contributed by atoms with Crippen LogP contribution in [-0.2, 0) is 4.74 Å². The highest BCUT2D eigenvalue weighted by Gasteiger charge is 2.19. The third kappa shape index (κ3) is 2.09. The fourth-order valence-electron chi connectivity index (χ4n) is 1.04. The summed E-state index contributed by atoms with van der Waals surface area (Å²) in [5.74, 6) is -0.432. The minimum Gasteiger partial charge on any atom is -0.464 e. The van der Waals surface area contributed by atoms with Gasteiger partial charge in [0.2, 0.25) is 0 Å². The number of hydrogen-bond donors (Lipinski definition) is 0. The molecule has 2 rings (SSSR count). The topological polar surface area (TPSA) is 52.1 Å². The van der Waals surface area contributed by atoms with Gasteiger partial charge in [-0.15, -0.1) is 11.3 Å². The maximum Gasteiger partial charge on any atom is 0.358 e. The number of halogens is 1. The van der Waals surface area contributed by atoms with Gasteiger partial charge >= 0.3 is 5.97 Å². The number of ether oxygens (including phenoxy) is 1. The van der Waals surface area contributed by atoms with Crippen LogP contribution in [0.2, 0.25) is 0 Å². The van der Waals surface area contributed by atoms with Crippen LogP contribution in [0.1, 0.15) is 10.5 Å². The number of thiazole rings is 1. The van der Waals surface area contributed by atoms with Crippen molar-refractivity contribution >= 4 is 44.8 Å². The molecule has 78 valence electrons. The highest BCUT2D eigenvalue weighted by atomic mass is 79.9. The van der Waals surface area contributed by atoms with Gasteiger partial charge in [-0.25, -0.2) is 14.2 Å². The molecule has 0 N–H and O–H groups in total. The van der Waals surface area contributed by atoms with E-state index in [1.165, 1.54) is 30.0 Å². The van der Waals surface area contributed by atoms with Crippen molar-refractivity contribution in [1.82, 2.24) is 9.36 Å². The lowest BCUT2D eigenvalue weighted by atomic mass is 10.2. The minimum absolute atomic E-state index is 0.328. The zero-order valence-electron chi connectivity index (χ0n) is 7.56. The Balaban J connectivity index is 2.52. The first-order valence-corrected chi connectivity index (χ1v) is 6.31. The fourth-order valence-corrected chi connectivity index (χ4v) is 3.07. The largest absolute Gasteiger partial charge is 0.464 e. The summed E-state index contributed by atoms with van der Waals surface area (Å²) >= 11 is 5.97. The predicted molar refractivity (Wildman–Crippen MR) is 62.3 cm³/mol. The minimum atomic E-state index is -0.432. The Morgan fingerprint density at radius 1 is 1.60 bits per heavy atom. The lowest BCUT2D eigenvalue weighted by Crippen LogP contribution is -2.02. The van der Waals surface area contributed by atoms with E-state index in [1.807, 2.05) is 5.38 Å². The summed E-state index contributed by atoms with van der Waals surface area (Å²) in [4.78, 5) is 16.3. The van der Waals surface area contributed by atoms with Gasteiger partial charge in [-0.3, -0.25) is 0 Å². The van der Waals surface area contributed by atoms with E-state index in [9.17, 15) is 4.79 Å². The van der Waals surface area contributed by atoms with Gasteiger partial charge in [0, 0.05) is 17.1 Å². The zero-order chi connectivity index (χ0) is 10.8. The SMILES string of the molecule is COC(=O)c1nc(Br)sc1-c1cnsc1. The molecule has 2 aromatic heterocycles. The van der Waals surface area contributed by atoms with Gasteiger partial charge in [0.05, 0.1) is 12.0 Å². The number of carbonyl (C=O) groups excluding carboxylic acids is 1. The molecule has 7 heteroatoms. The van der Waals surface area contributed by atoms with E-state index in [1.54, 1.807) is 6.20 Å². The van der Waals surface area contributed by atoms with E-state index in [2.05, 4.69) is 30.0 Å². The quantitative estimate of drug-likeness (QED) is 0.801. The van der Waals surface area contributed by atoms with E-state index in [0.717, 1.165) is 10.4 Å². The molecule has 0 aliphatic heterocycles. The number of aromatic nitrogens is 2. The van der Waals surface area contributed by atoms with Crippen molar-refractivity contribution in [3.8, 4) is 10.4 Å². The first-order valence-electron chi connectivity index (χ1n) is 3.86. The molecule has 0 unspecified atom stereocenters. The number of esters is 1. The third-order valence-electron chi connectivity index (χ3n) is 1.67. The molecule has 0 saturated heterocycles. The van der Waals surface area contributed by atoms with Gasteiger partial charge in [-0.05, 0) is 27.5 Å². The smallest absolute Gasteiger partial charge is 0.358 e. The lowest BCUT2D eigenvalue weighted by molar-refractivity contribution is 0.0595. The molecule has 2 aromatic rings. The Bertz CT molecular complexity index is 481. The van der Waals surface area contributed by atoms with Crippen LogP contribution in [0.5, 0.6) is 0 Å². The maximum atomic E-state index is 11.4. The van der Waals surface area contributed by atoms with Crippen LogP contribution in [0.15, 0.2) is 15.5 Å². The molecular formula is C8H5BrN2O2S2. The lowest BCUT2D eigenvalue weighted by Gasteiger charge is -1.96. The van der Waals surface area contributed by atoms with Gasteiger partial charge < -0.3 is 4.74 Å². The second kappa shape index (κ2) is 4.38. The van der Waals surface area contributed by atoms with Crippen LogP contribution in [0.3, 0.4) is 0 Å². The van der Waals surface area contributed by atoms with Crippen LogP contribution < -0.4 is 0 Å². The van der Waals surface area contributed by atoms with Crippen LogP contribution in [0, 0.1) is 0 Å². The summed E-state index contributed by atoms with van der Waals surface area (Å²) in [7, 11) is 1.34. The molecule has 0 atom stereocenters. The summed E-state index contributed by atoms with van der Waals surface area (Å²) in [5.41, 5.74) is 1.22. The van der Waals surface area contributed by atoms with Gasteiger partial charge in [0.25, 0.3) is 0 Å². The predicted octanol–water partition coefficient (Wildman–Crippen LogP) is 2.82.